The van der Waals surface area contributed by atoms with Crippen molar-refractivity contribution in [2.45, 2.75) is 64.6 Å². The highest BCUT2D eigenvalue weighted by atomic mass is 16.5. The first kappa shape index (κ1) is 13.5. The van der Waals surface area contributed by atoms with Crippen molar-refractivity contribution in [3.8, 4) is 0 Å². The van der Waals surface area contributed by atoms with Crippen LogP contribution in [0.5, 0.6) is 0 Å². The summed E-state index contributed by atoms with van der Waals surface area (Å²) in [5.74, 6) is 1.45. The molecule has 18 heavy (non-hydrogen) atoms. The zero-order valence-electron chi connectivity index (χ0n) is 11.4. The number of hydrogen-bond acceptors (Lipinski definition) is 5. The van der Waals surface area contributed by atoms with Gasteiger partial charge in [-0.05, 0) is 38.6 Å². The predicted molar refractivity (Wildman–Crippen MR) is 70.0 cm³/mol. The van der Waals surface area contributed by atoms with Crippen LogP contribution >= 0.6 is 0 Å². The molecule has 102 valence electrons. The van der Waals surface area contributed by atoms with Gasteiger partial charge in [-0.1, -0.05) is 12.1 Å². The highest BCUT2D eigenvalue weighted by Gasteiger charge is 2.24. The zero-order chi connectivity index (χ0) is 13.0. The molecule has 1 aromatic rings. The Balaban J connectivity index is 1.94. The first-order valence-electron chi connectivity index (χ1n) is 6.98. The largest absolute Gasteiger partial charge is 0.340 e. The Bertz CT molecular complexity index is 358. The normalized spacial score (nSPS) is 24.7. The third kappa shape index (κ3) is 3.53. The molecule has 5 heteroatoms. The number of nitrogens with two attached hydrogens (primary N) is 1. The monoisotopic (exact) mass is 252 g/mol. The van der Waals surface area contributed by atoms with Gasteiger partial charge in [0.1, 0.15) is 0 Å². The molecule has 1 aromatic heterocycles. The van der Waals surface area contributed by atoms with E-state index in [1.807, 2.05) is 6.92 Å². The molecule has 0 unspecified atom stereocenters. The maximum Gasteiger partial charge on any atom is 0.223 e. The van der Waals surface area contributed by atoms with Gasteiger partial charge in [0.05, 0.1) is 6.54 Å². The van der Waals surface area contributed by atoms with E-state index >= 15 is 0 Å². The molecule has 0 amide bonds. The van der Waals surface area contributed by atoms with E-state index in [0.29, 0.717) is 18.0 Å². The number of rotatable bonds is 5. The second kappa shape index (κ2) is 6.29. The van der Waals surface area contributed by atoms with Crippen LogP contribution in [0.3, 0.4) is 0 Å². The van der Waals surface area contributed by atoms with Crippen molar-refractivity contribution in [2.75, 3.05) is 6.54 Å². The third-order valence-corrected chi connectivity index (χ3v) is 3.68. The molecule has 1 fully saturated rings. The number of aryl methyl sites for hydroxylation is 1. The lowest BCUT2D eigenvalue weighted by molar-refractivity contribution is 0.137. The van der Waals surface area contributed by atoms with Crippen molar-refractivity contribution in [3.05, 3.63) is 11.7 Å². The van der Waals surface area contributed by atoms with Crippen LogP contribution in [0.25, 0.3) is 0 Å². The molecule has 1 saturated carbocycles. The Morgan fingerprint density at radius 3 is 2.61 bits per heavy atom. The molecule has 2 rings (SSSR count). The fourth-order valence-corrected chi connectivity index (χ4v) is 2.73. The van der Waals surface area contributed by atoms with Gasteiger partial charge in [-0.15, -0.1) is 0 Å². The Labute approximate surface area is 109 Å². The van der Waals surface area contributed by atoms with E-state index in [0.717, 1.165) is 38.2 Å². The molecule has 0 aromatic carbocycles. The van der Waals surface area contributed by atoms with E-state index in [4.69, 9.17) is 10.3 Å². The van der Waals surface area contributed by atoms with Gasteiger partial charge < -0.3 is 10.3 Å². The molecule has 0 atom stereocenters. The van der Waals surface area contributed by atoms with Crippen LogP contribution in [0, 0.1) is 6.92 Å². The molecule has 0 saturated heterocycles. The minimum Gasteiger partial charge on any atom is -0.340 e. The van der Waals surface area contributed by atoms with Crippen molar-refractivity contribution >= 4 is 0 Å². The molecule has 1 heterocycles. The fraction of sp³-hybridized carbons (Fsp3) is 0.846. The molecule has 2 N–H and O–H groups in total. The van der Waals surface area contributed by atoms with Crippen LogP contribution in [-0.2, 0) is 6.54 Å². The van der Waals surface area contributed by atoms with Crippen LogP contribution in [0.2, 0.25) is 0 Å². The van der Waals surface area contributed by atoms with Crippen molar-refractivity contribution in [2.24, 2.45) is 5.73 Å². The Morgan fingerprint density at radius 2 is 2.06 bits per heavy atom. The van der Waals surface area contributed by atoms with Gasteiger partial charge >= 0.3 is 0 Å². The Hall–Kier alpha value is -0.940. The smallest absolute Gasteiger partial charge is 0.223 e. The van der Waals surface area contributed by atoms with Crippen LogP contribution in [-0.4, -0.2) is 33.7 Å². The summed E-state index contributed by atoms with van der Waals surface area (Å²) >= 11 is 0. The minimum absolute atomic E-state index is 0.400. The van der Waals surface area contributed by atoms with Gasteiger partial charge in [0.2, 0.25) is 5.89 Å². The summed E-state index contributed by atoms with van der Waals surface area (Å²) in [5.41, 5.74) is 5.97. The standard InChI is InChI=1S/C13H24N4O/c1-3-8-17(9-13-15-10(2)18-16-13)12-6-4-11(14)5-7-12/h11-12H,3-9,14H2,1-2H3. The van der Waals surface area contributed by atoms with Crippen LogP contribution < -0.4 is 5.73 Å². The lowest BCUT2D eigenvalue weighted by atomic mass is 9.90. The summed E-state index contributed by atoms with van der Waals surface area (Å²) in [6.07, 6.45) is 5.81. The maximum absolute atomic E-state index is 5.97. The van der Waals surface area contributed by atoms with E-state index in [9.17, 15) is 0 Å². The van der Waals surface area contributed by atoms with Crippen molar-refractivity contribution in [1.29, 1.82) is 0 Å². The topological polar surface area (TPSA) is 68.2 Å². The van der Waals surface area contributed by atoms with Gasteiger partial charge in [0.25, 0.3) is 0 Å². The first-order valence-corrected chi connectivity index (χ1v) is 6.98. The summed E-state index contributed by atoms with van der Waals surface area (Å²) in [5, 5.41) is 4.00. The van der Waals surface area contributed by atoms with Gasteiger partial charge in [-0.3, -0.25) is 4.90 Å². The Morgan fingerprint density at radius 1 is 1.33 bits per heavy atom. The van der Waals surface area contributed by atoms with Crippen LogP contribution in [0.4, 0.5) is 0 Å². The molecule has 0 radical (unpaired) electrons. The molecule has 0 bridgehead atoms. The maximum atomic E-state index is 5.97. The lowest BCUT2D eigenvalue weighted by Crippen LogP contribution is -2.41. The summed E-state index contributed by atoms with van der Waals surface area (Å²) in [4.78, 5) is 6.78. The molecule has 1 aliphatic rings. The molecule has 0 aliphatic heterocycles. The van der Waals surface area contributed by atoms with Crippen LogP contribution in [0.15, 0.2) is 4.52 Å². The minimum atomic E-state index is 0.400. The molecular formula is C13H24N4O. The summed E-state index contributed by atoms with van der Waals surface area (Å²) in [6.45, 7) is 5.93. The number of aromatic nitrogens is 2. The quantitative estimate of drug-likeness (QED) is 0.866. The summed E-state index contributed by atoms with van der Waals surface area (Å²) in [6, 6.07) is 1.03. The van der Waals surface area contributed by atoms with Crippen molar-refractivity contribution in [1.82, 2.24) is 15.0 Å². The molecule has 1 aliphatic carbocycles. The van der Waals surface area contributed by atoms with E-state index in [2.05, 4.69) is 22.0 Å². The fourth-order valence-electron chi connectivity index (χ4n) is 2.73. The van der Waals surface area contributed by atoms with E-state index in [-0.39, 0.29) is 0 Å². The van der Waals surface area contributed by atoms with Gasteiger partial charge in [-0.25, -0.2) is 0 Å². The number of nitrogens with zero attached hydrogens (tertiary/aromatic N) is 3. The summed E-state index contributed by atoms with van der Waals surface area (Å²) in [7, 11) is 0. The highest BCUT2D eigenvalue weighted by molar-refractivity contribution is 4.88. The average molecular weight is 252 g/mol. The van der Waals surface area contributed by atoms with E-state index in [1.54, 1.807) is 0 Å². The molecular weight excluding hydrogens is 228 g/mol. The highest BCUT2D eigenvalue weighted by Crippen LogP contribution is 2.23. The van der Waals surface area contributed by atoms with E-state index in [1.165, 1.54) is 12.8 Å². The van der Waals surface area contributed by atoms with Crippen LogP contribution in [0.1, 0.15) is 50.7 Å². The summed E-state index contributed by atoms with van der Waals surface area (Å²) < 4.78 is 5.04. The first-order chi connectivity index (χ1) is 8.69. The molecule has 5 nitrogen and oxygen atoms in total. The van der Waals surface area contributed by atoms with Gasteiger partial charge in [0.15, 0.2) is 5.82 Å². The van der Waals surface area contributed by atoms with E-state index < -0.39 is 0 Å². The SMILES string of the molecule is CCCN(Cc1noc(C)n1)C1CCC(N)CC1. The predicted octanol–water partition coefficient (Wildman–Crippen LogP) is 1.86. The second-order valence-electron chi connectivity index (χ2n) is 5.27. The second-order valence-corrected chi connectivity index (χ2v) is 5.27. The third-order valence-electron chi connectivity index (χ3n) is 3.68. The Kier molecular flexibility index (Phi) is 4.72. The van der Waals surface area contributed by atoms with Gasteiger partial charge in [0, 0.05) is 19.0 Å². The molecule has 0 spiro atoms. The zero-order valence-corrected chi connectivity index (χ0v) is 11.4. The van der Waals surface area contributed by atoms with Crippen molar-refractivity contribution < 1.29 is 4.52 Å². The average Bonchev–Trinajstić information content (AvgIpc) is 2.75. The lowest BCUT2D eigenvalue weighted by Gasteiger charge is -2.35. The van der Waals surface area contributed by atoms with Crippen molar-refractivity contribution in [3.63, 3.8) is 0 Å². The van der Waals surface area contributed by atoms with Gasteiger partial charge in [-0.2, -0.15) is 4.98 Å². The number of hydrogen-bond donors (Lipinski definition) is 1.